The van der Waals surface area contributed by atoms with Crippen LogP contribution in [0, 0.1) is 0 Å². The minimum Gasteiger partial charge on any atom is -0.372 e. The summed E-state index contributed by atoms with van der Waals surface area (Å²) in [6.45, 7) is 2.61. The van der Waals surface area contributed by atoms with E-state index in [0.717, 1.165) is 18.7 Å². The van der Waals surface area contributed by atoms with Crippen LogP contribution in [0.3, 0.4) is 0 Å². The van der Waals surface area contributed by atoms with Crippen molar-refractivity contribution in [2.45, 2.75) is 37.9 Å². The number of hydrogen-bond donors (Lipinski definition) is 1. The minimum atomic E-state index is -0.834. The topological polar surface area (TPSA) is 54.2 Å². The molecule has 1 N–H and O–H groups in total. The molecule has 1 aromatic heterocycles. The van der Waals surface area contributed by atoms with Crippen molar-refractivity contribution >= 4 is 18.1 Å². The van der Waals surface area contributed by atoms with Crippen molar-refractivity contribution in [2.75, 3.05) is 24.5 Å². The zero-order valence-electron chi connectivity index (χ0n) is 13.4. The first-order valence-electron chi connectivity index (χ1n) is 8.36. The predicted octanol–water partition coefficient (Wildman–Crippen LogP) is 3.52. The number of piperidine rings is 1. The first-order chi connectivity index (χ1) is 11.3. The lowest BCUT2D eigenvalue weighted by Crippen LogP contribution is -2.29. The van der Waals surface area contributed by atoms with Gasteiger partial charge in [-0.1, -0.05) is 5.16 Å². The molecule has 0 saturated carbocycles. The highest BCUT2D eigenvalue weighted by molar-refractivity contribution is 5.85. The van der Waals surface area contributed by atoms with E-state index >= 15 is 0 Å². The number of nitrogens with one attached hydrogen (secondary N) is 1. The van der Waals surface area contributed by atoms with Crippen molar-refractivity contribution < 1.29 is 8.91 Å². The van der Waals surface area contributed by atoms with Gasteiger partial charge in [-0.3, -0.25) is 0 Å². The smallest absolute Gasteiger partial charge is 0.244 e. The maximum atomic E-state index is 13.3. The standard InChI is InChI=1S/C17H21FN4O.ClH/c18-13-10-15(19-11-13)17-20-16(21-23-17)12-4-6-14(7-5-12)22-8-2-1-3-9-22;/h4-7,13,15,19H,1-3,8-11H2;1H/t13-,15+;/m0./s1. The third-order valence-corrected chi connectivity index (χ3v) is 4.66. The molecule has 0 radical (unpaired) electrons. The van der Waals surface area contributed by atoms with Gasteiger partial charge in [0.05, 0.1) is 6.04 Å². The Morgan fingerprint density at radius 2 is 1.88 bits per heavy atom. The zero-order valence-corrected chi connectivity index (χ0v) is 14.3. The molecule has 2 saturated heterocycles. The summed E-state index contributed by atoms with van der Waals surface area (Å²) in [5.74, 6) is 1.04. The molecule has 5 nitrogen and oxygen atoms in total. The van der Waals surface area contributed by atoms with E-state index in [-0.39, 0.29) is 18.4 Å². The molecular formula is C17H22ClFN4O. The Balaban J connectivity index is 0.00000169. The van der Waals surface area contributed by atoms with Gasteiger partial charge in [-0.2, -0.15) is 4.98 Å². The molecule has 2 aromatic rings. The number of alkyl halides is 1. The van der Waals surface area contributed by atoms with Gasteiger partial charge in [-0.05, 0) is 43.5 Å². The highest BCUT2D eigenvalue weighted by Crippen LogP contribution is 2.27. The average Bonchev–Trinajstić information content (AvgIpc) is 3.25. The molecule has 2 fully saturated rings. The Bertz CT molecular complexity index is 657. The highest BCUT2D eigenvalue weighted by atomic mass is 35.5. The molecule has 1 aromatic carbocycles. The van der Waals surface area contributed by atoms with E-state index in [2.05, 4.69) is 32.5 Å². The zero-order chi connectivity index (χ0) is 15.6. The van der Waals surface area contributed by atoms with Crippen LogP contribution in [0.5, 0.6) is 0 Å². The fourth-order valence-corrected chi connectivity index (χ4v) is 3.35. The minimum absolute atomic E-state index is 0. The van der Waals surface area contributed by atoms with Gasteiger partial charge < -0.3 is 14.7 Å². The van der Waals surface area contributed by atoms with Crippen LogP contribution in [0.2, 0.25) is 0 Å². The molecule has 0 unspecified atom stereocenters. The van der Waals surface area contributed by atoms with Gasteiger partial charge in [-0.25, -0.2) is 4.39 Å². The number of aromatic nitrogens is 2. The van der Waals surface area contributed by atoms with Crippen molar-refractivity contribution in [1.29, 1.82) is 0 Å². The first-order valence-corrected chi connectivity index (χ1v) is 8.36. The number of rotatable bonds is 3. The van der Waals surface area contributed by atoms with Crippen LogP contribution in [0.4, 0.5) is 10.1 Å². The van der Waals surface area contributed by atoms with Gasteiger partial charge in [-0.15, -0.1) is 12.4 Å². The fourth-order valence-electron chi connectivity index (χ4n) is 3.35. The molecule has 130 valence electrons. The summed E-state index contributed by atoms with van der Waals surface area (Å²) in [5, 5.41) is 7.10. The van der Waals surface area contributed by atoms with Crippen LogP contribution in [0.1, 0.15) is 37.6 Å². The SMILES string of the molecule is Cl.F[C@@H]1CN[C@@H](c2nc(-c3ccc(N4CCCCC4)cc3)no2)C1. The fraction of sp³-hybridized carbons (Fsp3) is 0.529. The second-order valence-electron chi connectivity index (χ2n) is 6.34. The number of nitrogens with zero attached hydrogens (tertiary/aromatic N) is 3. The van der Waals surface area contributed by atoms with Crippen LogP contribution in [-0.4, -0.2) is 35.9 Å². The van der Waals surface area contributed by atoms with Crippen molar-refractivity contribution in [3.8, 4) is 11.4 Å². The van der Waals surface area contributed by atoms with Crippen LogP contribution < -0.4 is 10.2 Å². The lowest BCUT2D eigenvalue weighted by molar-refractivity contribution is 0.324. The Labute approximate surface area is 147 Å². The molecule has 7 heteroatoms. The second kappa shape index (κ2) is 7.49. The predicted molar refractivity (Wildman–Crippen MR) is 93.3 cm³/mol. The lowest BCUT2D eigenvalue weighted by Gasteiger charge is -2.28. The van der Waals surface area contributed by atoms with Gasteiger partial charge in [0.2, 0.25) is 11.7 Å². The Morgan fingerprint density at radius 3 is 2.54 bits per heavy atom. The van der Waals surface area contributed by atoms with E-state index in [1.807, 2.05) is 12.1 Å². The quantitative estimate of drug-likeness (QED) is 0.916. The van der Waals surface area contributed by atoms with Crippen molar-refractivity contribution in [1.82, 2.24) is 15.5 Å². The third kappa shape index (κ3) is 3.54. The number of benzene rings is 1. The van der Waals surface area contributed by atoms with E-state index in [0.29, 0.717) is 24.7 Å². The summed E-state index contributed by atoms with van der Waals surface area (Å²) in [5.41, 5.74) is 2.17. The normalized spacial score (nSPS) is 24.0. The van der Waals surface area contributed by atoms with Gasteiger partial charge in [0.15, 0.2) is 0 Å². The van der Waals surface area contributed by atoms with Crippen LogP contribution in [0.15, 0.2) is 28.8 Å². The van der Waals surface area contributed by atoms with E-state index in [1.165, 1.54) is 24.9 Å². The maximum Gasteiger partial charge on any atom is 0.244 e. The molecule has 0 bridgehead atoms. The second-order valence-corrected chi connectivity index (χ2v) is 6.34. The van der Waals surface area contributed by atoms with Crippen molar-refractivity contribution in [2.24, 2.45) is 0 Å². The maximum absolute atomic E-state index is 13.3. The summed E-state index contributed by atoms with van der Waals surface area (Å²) >= 11 is 0. The Kier molecular flexibility index (Phi) is 5.36. The largest absolute Gasteiger partial charge is 0.372 e. The molecule has 3 heterocycles. The van der Waals surface area contributed by atoms with E-state index in [9.17, 15) is 4.39 Å². The Hall–Kier alpha value is -1.66. The van der Waals surface area contributed by atoms with E-state index in [4.69, 9.17) is 4.52 Å². The molecule has 0 aliphatic carbocycles. The van der Waals surface area contributed by atoms with E-state index < -0.39 is 6.17 Å². The van der Waals surface area contributed by atoms with Crippen LogP contribution in [-0.2, 0) is 0 Å². The molecule has 2 aliphatic rings. The Morgan fingerprint density at radius 1 is 1.12 bits per heavy atom. The van der Waals surface area contributed by atoms with Gasteiger partial charge in [0.25, 0.3) is 0 Å². The van der Waals surface area contributed by atoms with Gasteiger partial charge >= 0.3 is 0 Å². The monoisotopic (exact) mass is 352 g/mol. The summed E-state index contributed by atoms with van der Waals surface area (Å²) < 4.78 is 18.6. The molecule has 0 spiro atoms. The number of anilines is 1. The van der Waals surface area contributed by atoms with Crippen molar-refractivity contribution in [3.63, 3.8) is 0 Å². The molecule has 4 rings (SSSR count). The molecular weight excluding hydrogens is 331 g/mol. The summed E-state index contributed by atoms with van der Waals surface area (Å²) in [6.07, 6.45) is 3.42. The summed E-state index contributed by atoms with van der Waals surface area (Å²) in [6, 6.07) is 8.11. The van der Waals surface area contributed by atoms with E-state index in [1.54, 1.807) is 0 Å². The third-order valence-electron chi connectivity index (χ3n) is 4.66. The summed E-state index contributed by atoms with van der Waals surface area (Å²) in [4.78, 5) is 6.83. The molecule has 2 aliphatic heterocycles. The number of hydrogen-bond acceptors (Lipinski definition) is 5. The highest BCUT2D eigenvalue weighted by Gasteiger charge is 2.29. The van der Waals surface area contributed by atoms with Gasteiger partial charge in [0.1, 0.15) is 6.17 Å². The summed E-state index contributed by atoms with van der Waals surface area (Å²) in [7, 11) is 0. The van der Waals surface area contributed by atoms with Crippen LogP contribution in [0.25, 0.3) is 11.4 Å². The molecule has 24 heavy (non-hydrogen) atoms. The number of halogens is 2. The molecule has 0 amide bonds. The van der Waals surface area contributed by atoms with Gasteiger partial charge in [0, 0.05) is 37.3 Å². The van der Waals surface area contributed by atoms with Crippen molar-refractivity contribution in [3.05, 3.63) is 30.2 Å². The van der Waals surface area contributed by atoms with Crippen LogP contribution >= 0.6 is 12.4 Å². The first kappa shape index (κ1) is 17.2. The lowest BCUT2D eigenvalue weighted by atomic mass is 10.1. The molecule has 2 atom stereocenters. The average molecular weight is 353 g/mol.